The first kappa shape index (κ1) is 22.0. The van der Waals surface area contributed by atoms with E-state index in [1.54, 1.807) is 4.90 Å². The molecule has 172 valence electrons. The number of benzene rings is 1. The lowest BCUT2D eigenvalue weighted by Crippen LogP contribution is -2.66. The quantitative estimate of drug-likeness (QED) is 0.303. The number of thioether (sulfide) groups is 1. The Morgan fingerprint density at radius 3 is 2.59 bits per heavy atom. The lowest BCUT2D eigenvalue weighted by molar-refractivity contribution is -0.136. The predicted molar refractivity (Wildman–Crippen MR) is 124 cm³/mol. The average molecular weight is 456 g/mol. The first-order valence-corrected chi connectivity index (χ1v) is 13.2. The van der Waals surface area contributed by atoms with Gasteiger partial charge in [0.2, 0.25) is 11.8 Å². The Kier molecular flexibility index (Phi) is 6.30. The van der Waals surface area contributed by atoms with Crippen molar-refractivity contribution in [1.29, 1.82) is 0 Å². The van der Waals surface area contributed by atoms with Gasteiger partial charge in [-0.3, -0.25) is 19.7 Å². The molecular formula is C25H33N3O3S. The van der Waals surface area contributed by atoms with E-state index in [9.17, 15) is 14.4 Å². The smallest absolute Gasteiger partial charge is 0.255 e. The number of fused-ring (bicyclic) bond motifs is 1. The van der Waals surface area contributed by atoms with Crippen molar-refractivity contribution in [2.75, 3.05) is 12.3 Å². The highest BCUT2D eigenvalue weighted by Crippen LogP contribution is 2.56. The minimum Gasteiger partial charge on any atom is -0.322 e. The van der Waals surface area contributed by atoms with Crippen molar-refractivity contribution in [3.63, 3.8) is 0 Å². The zero-order chi connectivity index (χ0) is 22.1. The molecule has 5 aliphatic rings. The first-order valence-electron chi connectivity index (χ1n) is 12.2. The number of hydrogen-bond acceptors (Lipinski definition) is 5. The van der Waals surface area contributed by atoms with Crippen molar-refractivity contribution in [3.8, 4) is 0 Å². The summed E-state index contributed by atoms with van der Waals surface area (Å²) in [5.74, 6) is 1.40. The number of carbonyl (C=O) groups excluding carboxylic acids is 3. The third kappa shape index (κ3) is 4.34. The molecule has 3 saturated carbocycles. The number of nitrogens with zero attached hydrogens (tertiary/aromatic N) is 1. The fourth-order valence-electron chi connectivity index (χ4n) is 5.68. The van der Waals surface area contributed by atoms with E-state index in [-0.39, 0.29) is 24.1 Å². The highest BCUT2D eigenvalue weighted by molar-refractivity contribution is 7.99. The van der Waals surface area contributed by atoms with E-state index in [2.05, 4.69) is 16.7 Å². The van der Waals surface area contributed by atoms with Crippen LogP contribution in [0, 0.1) is 5.92 Å². The summed E-state index contributed by atoms with van der Waals surface area (Å²) in [6.45, 7) is 1.63. The van der Waals surface area contributed by atoms with Crippen LogP contribution in [0.4, 0.5) is 0 Å². The van der Waals surface area contributed by atoms with Crippen LogP contribution >= 0.6 is 11.8 Å². The van der Waals surface area contributed by atoms with E-state index in [0.29, 0.717) is 24.1 Å². The summed E-state index contributed by atoms with van der Waals surface area (Å²) in [5, 5.41) is 6.14. The van der Waals surface area contributed by atoms with Gasteiger partial charge in [-0.15, -0.1) is 11.8 Å². The molecule has 1 saturated heterocycles. The van der Waals surface area contributed by atoms with Crippen LogP contribution in [0.15, 0.2) is 23.1 Å². The van der Waals surface area contributed by atoms with Crippen molar-refractivity contribution < 1.29 is 14.4 Å². The van der Waals surface area contributed by atoms with Crippen LogP contribution in [0.1, 0.15) is 80.1 Å². The molecule has 4 fully saturated rings. The summed E-state index contributed by atoms with van der Waals surface area (Å²) in [6.07, 6.45) is 11.2. The maximum Gasteiger partial charge on any atom is 0.255 e. The van der Waals surface area contributed by atoms with Gasteiger partial charge in [0.05, 0.1) is 0 Å². The average Bonchev–Trinajstić information content (AvgIpc) is 3.04. The second-order valence-electron chi connectivity index (χ2n) is 9.98. The fraction of sp³-hybridized carbons (Fsp3) is 0.640. The van der Waals surface area contributed by atoms with E-state index in [0.717, 1.165) is 22.1 Å². The third-order valence-corrected chi connectivity index (χ3v) is 8.84. The molecule has 3 aliphatic carbocycles. The number of carbonyl (C=O) groups is 3. The monoisotopic (exact) mass is 455 g/mol. The minimum absolute atomic E-state index is 0.0931. The van der Waals surface area contributed by atoms with Gasteiger partial charge in [0, 0.05) is 29.0 Å². The van der Waals surface area contributed by atoms with Crippen molar-refractivity contribution in [1.82, 2.24) is 15.5 Å². The van der Waals surface area contributed by atoms with Gasteiger partial charge in [-0.2, -0.15) is 0 Å². The van der Waals surface area contributed by atoms with E-state index in [1.807, 2.05) is 23.9 Å². The summed E-state index contributed by atoms with van der Waals surface area (Å²) in [5.41, 5.74) is 2.30. The Hall–Kier alpha value is -1.86. The van der Waals surface area contributed by atoms with Crippen molar-refractivity contribution in [2.45, 2.75) is 87.2 Å². The molecule has 2 heterocycles. The first-order chi connectivity index (χ1) is 15.5. The van der Waals surface area contributed by atoms with Crippen molar-refractivity contribution >= 4 is 29.5 Å². The number of amides is 3. The summed E-state index contributed by atoms with van der Waals surface area (Å²) < 4.78 is 0. The van der Waals surface area contributed by atoms with E-state index >= 15 is 0 Å². The molecule has 1 unspecified atom stereocenters. The number of imide groups is 1. The molecule has 6 nitrogen and oxygen atoms in total. The largest absolute Gasteiger partial charge is 0.322 e. The Balaban J connectivity index is 1.03. The van der Waals surface area contributed by atoms with Crippen LogP contribution in [0.3, 0.4) is 0 Å². The molecule has 32 heavy (non-hydrogen) atoms. The summed E-state index contributed by atoms with van der Waals surface area (Å²) in [4.78, 5) is 39.4. The second kappa shape index (κ2) is 9.18. The van der Waals surface area contributed by atoms with Gasteiger partial charge in [0.1, 0.15) is 6.04 Å². The predicted octanol–water partition coefficient (Wildman–Crippen LogP) is 3.63. The normalized spacial score (nSPS) is 28.2. The van der Waals surface area contributed by atoms with Crippen molar-refractivity contribution in [3.05, 3.63) is 29.3 Å². The standard InChI is InChI=1S/C25H33N3O3S/c29-22-10-9-20(23(30)27-22)28-16-19-18(24(28)31)7-6-8-21(19)32-12-5-3-1-2-4-11-26-25-13-17(14-25)15-25/h6-8,17,20,26H,1-5,9-16H2,(H,27,29,30). The van der Waals surface area contributed by atoms with E-state index in [4.69, 9.17) is 0 Å². The lowest BCUT2D eigenvalue weighted by Gasteiger charge is -2.62. The van der Waals surface area contributed by atoms with Crippen LogP contribution in [0.2, 0.25) is 0 Å². The molecule has 2 bridgehead atoms. The third-order valence-electron chi connectivity index (χ3n) is 7.66. The van der Waals surface area contributed by atoms with E-state index in [1.165, 1.54) is 57.9 Å². The second-order valence-corrected chi connectivity index (χ2v) is 11.1. The molecule has 1 aromatic carbocycles. The Morgan fingerprint density at radius 2 is 1.84 bits per heavy atom. The SMILES string of the molecule is O=C1CCC(N2Cc3c(SCCCCCCCNC45CC(C4)C5)cccc3C2=O)C(=O)N1. The molecule has 1 aromatic rings. The number of hydrogen-bond donors (Lipinski definition) is 2. The number of unbranched alkanes of at least 4 members (excludes halogenated alkanes) is 4. The van der Waals surface area contributed by atoms with Gasteiger partial charge >= 0.3 is 0 Å². The van der Waals surface area contributed by atoms with E-state index < -0.39 is 6.04 Å². The van der Waals surface area contributed by atoms with Gasteiger partial charge in [-0.1, -0.05) is 25.3 Å². The molecule has 6 rings (SSSR count). The molecular weight excluding hydrogens is 422 g/mol. The zero-order valence-corrected chi connectivity index (χ0v) is 19.5. The van der Waals surface area contributed by atoms with Crippen LogP contribution in [0.25, 0.3) is 0 Å². The van der Waals surface area contributed by atoms with Gasteiger partial charge in [0.15, 0.2) is 0 Å². The summed E-state index contributed by atoms with van der Waals surface area (Å²) in [6, 6.07) is 5.33. The Labute approximate surface area is 194 Å². The van der Waals surface area contributed by atoms with Crippen LogP contribution in [0.5, 0.6) is 0 Å². The van der Waals surface area contributed by atoms with Crippen LogP contribution in [-0.2, 0) is 16.1 Å². The Morgan fingerprint density at radius 1 is 1.06 bits per heavy atom. The Bertz CT molecular complexity index is 901. The molecule has 2 aliphatic heterocycles. The highest BCUT2D eigenvalue weighted by atomic mass is 32.2. The minimum atomic E-state index is -0.547. The number of rotatable bonds is 11. The van der Waals surface area contributed by atoms with Gasteiger partial charge in [-0.25, -0.2) is 0 Å². The summed E-state index contributed by atoms with van der Waals surface area (Å²) >= 11 is 1.82. The molecule has 0 aromatic heterocycles. The molecule has 0 radical (unpaired) electrons. The molecule has 2 N–H and O–H groups in total. The van der Waals surface area contributed by atoms with Crippen LogP contribution < -0.4 is 10.6 Å². The molecule has 0 spiro atoms. The highest BCUT2D eigenvalue weighted by Gasteiger charge is 2.55. The van der Waals surface area contributed by atoms with Crippen molar-refractivity contribution in [2.24, 2.45) is 5.92 Å². The maximum atomic E-state index is 12.9. The fourth-order valence-corrected chi connectivity index (χ4v) is 6.77. The van der Waals surface area contributed by atoms with Gasteiger partial charge in [-0.05, 0) is 74.4 Å². The molecule has 7 heteroatoms. The number of piperidine rings is 1. The summed E-state index contributed by atoms with van der Waals surface area (Å²) in [7, 11) is 0. The lowest BCUT2D eigenvalue weighted by atomic mass is 9.50. The maximum absolute atomic E-state index is 12.9. The number of nitrogens with one attached hydrogen (secondary N) is 2. The molecule has 1 atom stereocenters. The topological polar surface area (TPSA) is 78.5 Å². The van der Waals surface area contributed by atoms with Gasteiger partial charge in [0.25, 0.3) is 5.91 Å². The molecule has 3 amide bonds. The van der Waals surface area contributed by atoms with Gasteiger partial charge < -0.3 is 10.2 Å². The zero-order valence-electron chi connectivity index (χ0n) is 18.7. The van der Waals surface area contributed by atoms with Crippen LogP contribution in [-0.4, -0.2) is 46.5 Å².